The average Bonchev–Trinajstić information content (AvgIpc) is 2.62. The molecule has 0 saturated carbocycles. The maximum absolute atomic E-state index is 9.61. The molecule has 1 aliphatic heterocycles. The summed E-state index contributed by atoms with van der Waals surface area (Å²) in [6, 6.07) is 27.1. The number of para-hydroxylation sites is 1. The topological polar surface area (TPSA) is 23.5 Å². The predicted molar refractivity (Wildman–Crippen MR) is 94.2 cm³/mol. The van der Waals surface area contributed by atoms with Gasteiger partial charge in [-0.3, -0.25) is 0 Å². The van der Waals surface area contributed by atoms with E-state index in [1.54, 1.807) is 12.1 Å². The van der Waals surface area contributed by atoms with Crippen LogP contribution in [-0.4, -0.2) is 5.11 Å². The van der Waals surface area contributed by atoms with E-state index >= 15 is 0 Å². The Bertz CT molecular complexity index is 796. The second kappa shape index (κ2) is 5.81. The van der Waals surface area contributed by atoms with Crippen molar-refractivity contribution in [1.29, 1.82) is 0 Å². The molecule has 0 radical (unpaired) electrons. The van der Waals surface area contributed by atoms with Crippen LogP contribution in [0.3, 0.4) is 0 Å². The Balaban J connectivity index is 1.85. The number of hydrogen-bond donors (Lipinski definition) is 1. The minimum atomic E-state index is 0.301. The number of fused-ring (bicyclic) bond motifs is 1. The fourth-order valence-electron chi connectivity index (χ4n) is 3.47. The van der Waals surface area contributed by atoms with Crippen molar-refractivity contribution in [3.05, 3.63) is 90.0 Å². The highest BCUT2D eigenvalue weighted by Gasteiger charge is 2.28. The summed E-state index contributed by atoms with van der Waals surface area (Å²) in [4.78, 5) is 2.40. The van der Waals surface area contributed by atoms with Crippen molar-refractivity contribution >= 4 is 11.4 Å². The molecule has 0 saturated heterocycles. The van der Waals surface area contributed by atoms with E-state index < -0.39 is 0 Å². The van der Waals surface area contributed by atoms with E-state index in [0.29, 0.717) is 11.8 Å². The van der Waals surface area contributed by atoms with Gasteiger partial charge in [0.25, 0.3) is 0 Å². The fraction of sp³-hybridized carbons (Fsp3) is 0.143. The van der Waals surface area contributed by atoms with Crippen LogP contribution >= 0.6 is 0 Å². The molecule has 3 aromatic rings. The minimum absolute atomic E-state index is 0.301. The lowest BCUT2D eigenvalue weighted by Gasteiger charge is -2.39. The van der Waals surface area contributed by atoms with Crippen molar-refractivity contribution < 1.29 is 5.11 Å². The first-order chi connectivity index (χ1) is 11.3. The molecule has 1 atom stereocenters. The minimum Gasteiger partial charge on any atom is -0.508 e. The molecule has 4 rings (SSSR count). The Morgan fingerprint density at radius 2 is 1.48 bits per heavy atom. The van der Waals surface area contributed by atoms with Crippen LogP contribution in [0.15, 0.2) is 78.9 Å². The van der Waals surface area contributed by atoms with Gasteiger partial charge in [-0.1, -0.05) is 48.5 Å². The Labute approximate surface area is 136 Å². The van der Waals surface area contributed by atoms with E-state index in [9.17, 15) is 5.11 Å². The van der Waals surface area contributed by atoms with Crippen molar-refractivity contribution in [1.82, 2.24) is 0 Å². The summed E-state index contributed by atoms with van der Waals surface area (Å²) < 4.78 is 0. The molecule has 0 spiro atoms. The van der Waals surface area contributed by atoms with Crippen LogP contribution in [0.1, 0.15) is 23.6 Å². The van der Waals surface area contributed by atoms with E-state index in [1.165, 1.54) is 16.8 Å². The molecule has 1 unspecified atom stereocenters. The van der Waals surface area contributed by atoms with Crippen molar-refractivity contribution in [3.63, 3.8) is 0 Å². The number of phenols is 1. The molecule has 0 fully saturated rings. The summed E-state index contributed by atoms with van der Waals surface area (Å²) in [6.07, 6.45) is 2.17. The molecule has 1 N–H and O–H groups in total. The summed E-state index contributed by atoms with van der Waals surface area (Å²) in [6.45, 7) is 0. The third-order valence-corrected chi connectivity index (χ3v) is 4.56. The van der Waals surface area contributed by atoms with Crippen molar-refractivity contribution in [2.24, 2.45) is 0 Å². The molecule has 0 amide bonds. The van der Waals surface area contributed by atoms with Gasteiger partial charge in [0.05, 0.1) is 6.04 Å². The highest BCUT2D eigenvalue weighted by molar-refractivity contribution is 5.70. The molecule has 114 valence electrons. The Morgan fingerprint density at radius 3 is 2.26 bits per heavy atom. The molecule has 0 aliphatic carbocycles. The van der Waals surface area contributed by atoms with Crippen LogP contribution in [0.5, 0.6) is 5.75 Å². The van der Waals surface area contributed by atoms with Crippen LogP contribution < -0.4 is 4.90 Å². The smallest absolute Gasteiger partial charge is 0.115 e. The number of phenolic OH excluding ortho intramolecular Hbond substituents is 1. The molecule has 1 aliphatic rings. The third kappa shape index (κ3) is 2.57. The van der Waals surface area contributed by atoms with E-state index in [0.717, 1.165) is 18.5 Å². The summed E-state index contributed by atoms with van der Waals surface area (Å²) >= 11 is 0. The van der Waals surface area contributed by atoms with E-state index in [4.69, 9.17) is 0 Å². The molecule has 2 nitrogen and oxygen atoms in total. The van der Waals surface area contributed by atoms with Gasteiger partial charge in [0.15, 0.2) is 0 Å². The lowest BCUT2D eigenvalue weighted by atomic mass is 9.90. The monoisotopic (exact) mass is 301 g/mol. The summed E-state index contributed by atoms with van der Waals surface area (Å²) in [7, 11) is 0. The molecular formula is C21H19NO. The second-order valence-electron chi connectivity index (χ2n) is 5.98. The van der Waals surface area contributed by atoms with Crippen molar-refractivity contribution in [2.75, 3.05) is 4.90 Å². The largest absolute Gasteiger partial charge is 0.508 e. The van der Waals surface area contributed by atoms with Crippen LogP contribution in [-0.2, 0) is 6.42 Å². The summed E-state index contributed by atoms with van der Waals surface area (Å²) in [5, 5.41) is 9.61. The van der Waals surface area contributed by atoms with Gasteiger partial charge in [0.2, 0.25) is 0 Å². The van der Waals surface area contributed by atoms with Gasteiger partial charge in [-0.05, 0) is 54.3 Å². The van der Waals surface area contributed by atoms with E-state index in [1.807, 2.05) is 12.1 Å². The van der Waals surface area contributed by atoms with Crippen LogP contribution in [0.2, 0.25) is 0 Å². The van der Waals surface area contributed by atoms with Gasteiger partial charge < -0.3 is 10.0 Å². The molecule has 0 bridgehead atoms. The summed E-state index contributed by atoms with van der Waals surface area (Å²) in [5.74, 6) is 0.301. The Morgan fingerprint density at radius 1 is 0.783 bits per heavy atom. The number of nitrogens with zero attached hydrogens (tertiary/aromatic N) is 1. The van der Waals surface area contributed by atoms with E-state index in [2.05, 4.69) is 59.5 Å². The zero-order valence-electron chi connectivity index (χ0n) is 12.9. The number of aryl methyl sites for hydroxylation is 1. The molecular weight excluding hydrogens is 282 g/mol. The lowest BCUT2D eigenvalue weighted by molar-refractivity contribution is 0.475. The summed E-state index contributed by atoms with van der Waals surface area (Å²) in [5.41, 5.74) is 5.09. The van der Waals surface area contributed by atoms with Gasteiger partial charge in [0, 0.05) is 11.4 Å². The van der Waals surface area contributed by atoms with E-state index in [-0.39, 0.29) is 0 Å². The fourth-order valence-corrected chi connectivity index (χ4v) is 3.47. The van der Waals surface area contributed by atoms with Crippen molar-refractivity contribution in [2.45, 2.75) is 18.9 Å². The zero-order chi connectivity index (χ0) is 15.6. The third-order valence-electron chi connectivity index (χ3n) is 4.56. The first-order valence-corrected chi connectivity index (χ1v) is 8.04. The molecule has 1 heterocycles. The van der Waals surface area contributed by atoms with Crippen LogP contribution in [0.25, 0.3) is 0 Å². The van der Waals surface area contributed by atoms with Crippen molar-refractivity contribution in [3.8, 4) is 5.75 Å². The van der Waals surface area contributed by atoms with Gasteiger partial charge in [-0.25, -0.2) is 0 Å². The first kappa shape index (κ1) is 13.9. The Hall–Kier alpha value is -2.74. The highest BCUT2D eigenvalue weighted by Crippen LogP contribution is 2.43. The zero-order valence-corrected chi connectivity index (χ0v) is 12.9. The number of benzene rings is 3. The highest BCUT2D eigenvalue weighted by atomic mass is 16.3. The molecule has 2 heteroatoms. The molecule has 23 heavy (non-hydrogen) atoms. The quantitative estimate of drug-likeness (QED) is 0.701. The molecule has 0 aromatic heterocycles. The standard InChI is InChI=1S/C21H19NO/c23-19-13-11-18(12-14-19)22-20-9-5-4-8-17(20)10-15-21(22)16-6-2-1-3-7-16/h1-9,11-14,21,23H,10,15H2. The van der Waals surface area contributed by atoms with Crippen LogP contribution in [0, 0.1) is 0 Å². The maximum atomic E-state index is 9.61. The van der Waals surface area contributed by atoms with Gasteiger partial charge in [0.1, 0.15) is 5.75 Å². The second-order valence-corrected chi connectivity index (χ2v) is 5.98. The van der Waals surface area contributed by atoms with Gasteiger partial charge in [-0.15, -0.1) is 0 Å². The molecule has 3 aromatic carbocycles. The van der Waals surface area contributed by atoms with Gasteiger partial charge >= 0.3 is 0 Å². The Kier molecular flexibility index (Phi) is 3.51. The van der Waals surface area contributed by atoms with Gasteiger partial charge in [-0.2, -0.15) is 0 Å². The normalized spacial score (nSPS) is 16.9. The number of aromatic hydroxyl groups is 1. The number of anilines is 2. The predicted octanol–water partition coefficient (Wildman–Crippen LogP) is 5.22. The SMILES string of the molecule is Oc1ccc(N2c3ccccc3CCC2c2ccccc2)cc1. The first-order valence-electron chi connectivity index (χ1n) is 8.04. The van der Waals surface area contributed by atoms with Crippen LogP contribution in [0.4, 0.5) is 11.4 Å². The lowest BCUT2D eigenvalue weighted by Crippen LogP contribution is -2.28. The number of hydrogen-bond acceptors (Lipinski definition) is 2. The maximum Gasteiger partial charge on any atom is 0.115 e. The average molecular weight is 301 g/mol. The number of rotatable bonds is 2.